The molecule has 0 fully saturated rings. The van der Waals surface area contributed by atoms with E-state index in [0.717, 1.165) is 16.9 Å². The van der Waals surface area contributed by atoms with Crippen molar-refractivity contribution in [2.24, 2.45) is 0 Å². The summed E-state index contributed by atoms with van der Waals surface area (Å²) in [5.74, 6) is 2.45. The lowest BCUT2D eigenvalue weighted by molar-refractivity contribution is 0.244. The summed E-state index contributed by atoms with van der Waals surface area (Å²) < 4.78 is 28.9. The molecule has 0 aliphatic rings. The van der Waals surface area contributed by atoms with Crippen LogP contribution in [0.25, 0.3) is 22.3 Å². The topological polar surface area (TPSA) is 67.1 Å². The minimum Gasteiger partial charge on any atom is -0.493 e. The van der Waals surface area contributed by atoms with E-state index in [9.17, 15) is 4.79 Å². The molecular formula is C29H30O6. The van der Waals surface area contributed by atoms with Crippen molar-refractivity contribution in [1.29, 1.82) is 0 Å². The van der Waals surface area contributed by atoms with E-state index in [0.29, 0.717) is 53.4 Å². The molecule has 0 atom stereocenters. The van der Waals surface area contributed by atoms with Gasteiger partial charge < -0.3 is 23.4 Å². The van der Waals surface area contributed by atoms with Gasteiger partial charge in [-0.15, -0.1) is 0 Å². The van der Waals surface area contributed by atoms with Crippen LogP contribution < -0.4 is 24.4 Å². The molecule has 0 N–H and O–H groups in total. The number of aryl methyl sites for hydroxylation is 3. The van der Waals surface area contributed by atoms with Gasteiger partial charge in [0.25, 0.3) is 0 Å². The van der Waals surface area contributed by atoms with Gasteiger partial charge in [-0.3, -0.25) is 4.79 Å². The van der Waals surface area contributed by atoms with Gasteiger partial charge >= 0.3 is 0 Å². The second-order valence-corrected chi connectivity index (χ2v) is 8.48. The first-order valence-corrected chi connectivity index (χ1v) is 11.5. The van der Waals surface area contributed by atoms with E-state index in [-0.39, 0.29) is 11.2 Å². The zero-order valence-corrected chi connectivity index (χ0v) is 20.8. The van der Waals surface area contributed by atoms with Crippen LogP contribution in [0, 0.1) is 20.8 Å². The molecule has 0 spiro atoms. The number of hydrogen-bond acceptors (Lipinski definition) is 6. The van der Waals surface area contributed by atoms with Crippen molar-refractivity contribution in [2.45, 2.75) is 27.2 Å². The Morgan fingerprint density at radius 3 is 2.20 bits per heavy atom. The van der Waals surface area contributed by atoms with Crippen LogP contribution in [0.5, 0.6) is 23.0 Å². The van der Waals surface area contributed by atoms with Gasteiger partial charge in [-0.25, -0.2) is 0 Å². The summed E-state index contributed by atoms with van der Waals surface area (Å²) in [6.07, 6.45) is 0.601. The fourth-order valence-corrected chi connectivity index (χ4v) is 4.03. The molecule has 0 saturated carbocycles. The molecule has 0 saturated heterocycles. The summed E-state index contributed by atoms with van der Waals surface area (Å²) in [5.41, 5.74) is 4.02. The number of ether oxygens (including phenoxy) is 4. The van der Waals surface area contributed by atoms with Crippen LogP contribution in [0.4, 0.5) is 0 Å². The molecule has 1 heterocycles. The summed E-state index contributed by atoms with van der Waals surface area (Å²) in [4.78, 5) is 13.6. The fourth-order valence-electron chi connectivity index (χ4n) is 4.03. The highest BCUT2D eigenvalue weighted by molar-refractivity contribution is 5.85. The molecule has 0 amide bonds. The summed E-state index contributed by atoms with van der Waals surface area (Å²) in [6, 6.07) is 17.1. The van der Waals surface area contributed by atoms with Crippen LogP contribution in [0.1, 0.15) is 23.1 Å². The molecule has 4 aromatic rings. The zero-order valence-electron chi connectivity index (χ0n) is 20.8. The van der Waals surface area contributed by atoms with E-state index in [1.54, 1.807) is 26.4 Å². The Morgan fingerprint density at radius 1 is 0.771 bits per heavy atom. The SMILES string of the molecule is COc1ccc(-c2oc3cc(C)cc(C)c3c(=O)c2OCCCOc2ccc(C)cc2)cc1OC. The van der Waals surface area contributed by atoms with Gasteiger partial charge in [-0.1, -0.05) is 23.8 Å². The van der Waals surface area contributed by atoms with Gasteiger partial charge in [0.1, 0.15) is 11.3 Å². The third kappa shape index (κ3) is 5.27. The van der Waals surface area contributed by atoms with Crippen LogP contribution in [0.15, 0.2) is 63.8 Å². The van der Waals surface area contributed by atoms with Crippen molar-refractivity contribution >= 4 is 11.0 Å². The Kier molecular flexibility index (Phi) is 7.30. The minimum absolute atomic E-state index is 0.173. The first kappa shape index (κ1) is 24.2. The van der Waals surface area contributed by atoms with Crippen LogP contribution in [-0.2, 0) is 0 Å². The Labute approximate surface area is 205 Å². The summed E-state index contributed by atoms with van der Waals surface area (Å²) in [6.45, 7) is 6.67. The van der Waals surface area contributed by atoms with E-state index in [1.165, 1.54) is 5.56 Å². The Morgan fingerprint density at radius 2 is 1.49 bits per heavy atom. The van der Waals surface area contributed by atoms with Gasteiger partial charge in [0.05, 0.1) is 32.8 Å². The van der Waals surface area contributed by atoms with Crippen LogP contribution in [-0.4, -0.2) is 27.4 Å². The largest absolute Gasteiger partial charge is 0.493 e. The molecule has 0 bridgehead atoms. The fraction of sp³-hybridized carbons (Fsp3) is 0.276. The Hall–Kier alpha value is -3.93. The molecule has 3 aromatic carbocycles. The highest BCUT2D eigenvalue weighted by Gasteiger charge is 2.20. The highest BCUT2D eigenvalue weighted by atomic mass is 16.5. The first-order chi connectivity index (χ1) is 16.9. The van der Waals surface area contributed by atoms with E-state index in [2.05, 4.69) is 0 Å². The van der Waals surface area contributed by atoms with Crippen molar-refractivity contribution in [1.82, 2.24) is 0 Å². The number of rotatable bonds is 9. The van der Waals surface area contributed by atoms with E-state index in [1.807, 2.05) is 63.2 Å². The standard InChI is InChI=1S/C29H30O6/c1-18-7-10-22(11-8-18)33-13-6-14-34-29-27(30)26-20(3)15-19(2)16-25(26)35-28(29)21-9-12-23(31-4)24(17-21)32-5/h7-12,15-17H,6,13-14H2,1-5H3. The van der Waals surface area contributed by atoms with Gasteiger partial charge in [-0.05, 0) is 68.3 Å². The average molecular weight is 475 g/mol. The number of fused-ring (bicyclic) bond motifs is 1. The monoisotopic (exact) mass is 474 g/mol. The number of benzene rings is 3. The van der Waals surface area contributed by atoms with Crippen molar-refractivity contribution < 1.29 is 23.4 Å². The molecule has 0 aliphatic heterocycles. The predicted octanol–water partition coefficient (Wildman–Crippen LogP) is 6.25. The van der Waals surface area contributed by atoms with E-state index >= 15 is 0 Å². The van der Waals surface area contributed by atoms with Crippen molar-refractivity contribution in [3.8, 4) is 34.3 Å². The number of methoxy groups -OCH3 is 2. The lowest BCUT2D eigenvalue weighted by Gasteiger charge is -2.15. The van der Waals surface area contributed by atoms with Crippen LogP contribution in [0.2, 0.25) is 0 Å². The maximum atomic E-state index is 13.6. The van der Waals surface area contributed by atoms with Crippen molar-refractivity contribution in [3.05, 3.63) is 81.5 Å². The smallest absolute Gasteiger partial charge is 0.235 e. The molecule has 6 nitrogen and oxygen atoms in total. The third-order valence-corrected chi connectivity index (χ3v) is 5.77. The zero-order chi connectivity index (χ0) is 24.9. The quantitative estimate of drug-likeness (QED) is 0.267. The maximum absolute atomic E-state index is 13.6. The highest BCUT2D eigenvalue weighted by Crippen LogP contribution is 2.37. The summed E-state index contributed by atoms with van der Waals surface area (Å²) in [5, 5.41) is 0.519. The lowest BCUT2D eigenvalue weighted by Crippen LogP contribution is -2.13. The molecule has 0 radical (unpaired) electrons. The first-order valence-electron chi connectivity index (χ1n) is 11.5. The second kappa shape index (κ2) is 10.6. The molecule has 182 valence electrons. The molecular weight excluding hydrogens is 444 g/mol. The lowest BCUT2D eigenvalue weighted by atomic mass is 10.0. The van der Waals surface area contributed by atoms with Crippen LogP contribution in [0.3, 0.4) is 0 Å². The normalized spacial score (nSPS) is 10.9. The van der Waals surface area contributed by atoms with Gasteiger partial charge in [0.15, 0.2) is 17.3 Å². The molecule has 0 aliphatic carbocycles. The summed E-state index contributed by atoms with van der Waals surface area (Å²) >= 11 is 0. The van der Waals surface area contributed by atoms with Gasteiger partial charge in [-0.2, -0.15) is 0 Å². The maximum Gasteiger partial charge on any atom is 0.235 e. The van der Waals surface area contributed by atoms with Crippen molar-refractivity contribution in [2.75, 3.05) is 27.4 Å². The van der Waals surface area contributed by atoms with E-state index in [4.69, 9.17) is 23.4 Å². The number of hydrogen-bond donors (Lipinski definition) is 0. The van der Waals surface area contributed by atoms with Gasteiger partial charge in [0.2, 0.25) is 11.2 Å². The molecule has 6 heteroatoms. The second-order valence-electron chi connectivity index (χ2n) is 8.48. The Bertz CT molecular complexity index is 1390. The Balaban J connectivity index is 1.65. The molecule has 4 rings (SSSR count). The molecule has 35 heavy (non-hydrogen) atoms. The minimum atomic E-state index is -0.201. The average Bonchev–Trinajstić information content (AvgIpc) is 2.85. The third-order valence-electron chi connectivity index (χ3n) is 5.77. The summed E-state index contributed by atoms with van der Waals surface area (Å²) in [7, 11) is 3.14. The van der Waals surface area contributed by atoms with E-state index < -0.39 is 0 Å². The molecule has 1 aromatic heterocycles. The van der Waals surface area contributed by atoms with Crippen molar-refractivity contribution in [3.63, 3.8) is 0 Å². The predicted molar refractivity (Wildman–Crippen MR) is 137 cm³/mol. The van der Waals surface area contributed by atoms with Crippen LogP contribution >= 0.6 is 0 Å². The van der Waals surface area contributed by atoms with Gasteiger partial charge in [0, 0.05) is 12.0 Å². The molecule has 0 unspecified atom stereocenters.